The van der Waals surface area contributed by atoms with Crippen molar-refractivity contribution in [2.75, 3.05) is 18.9 Å². The van der Waals surface area contributed by atoms with Crippen LogP contribution >= 0.6 is 0 Å². The number of halogens is 1. The SMILES string of the molecule is COc1ccc(NS(=O)(=O)c2cc(C(=O)O)cc(F)c2C)c(OC)c1. The molecule has 0 spiro atoms. The number of nitrogens with one attached hydrogen (secondary N) is 1. The normalized spacial score (nSPS) is 11.0. The van der Waals surface area contributed by atoms with Crippen molar-refractivity contribution in [2.24, 2.45) is 0 Å². The van der Waals surface area contributed by atoms with E-state index in [2.05, 4.69) is 4.72 Å². The molecule has 0 bridgehead atoms. The van der Waals surface area contributed by atoms with E-state index < -0.39 is 32.3 Å². The van der Waals surface area contributed by atoms with Crippen LogP contribution in [0.25, 0.3) is 0 Å². The minimum absolute atomic E-state index is 0.101. The Kier molecular flexibility index (Phi) is 5.17. The highest BCUT2D eigenvalue weighted by Gasteiger charge is 2.23. The second kappa shape index (κ2) is 6.98. The number of anilines is 1. The molecular formula is C16H16FNO6S. The van der Waals surface area contributed by atoms with Crippen LogP contribution in [0.4, 0.5) is 10.1 Å². The fourth-order valence-electron chi connectivity index (χ4n) is 2.14. The van der Waals surface area contributed by atoms with E-state index in [0.29, 0.717) is 5.75 Å². The molecule has 0 heterocycles. The fraction of sp³-hybridized carbons (Fsp3) is 0.188. The van der Waals surface area contributed by atoms with Gasteiger partial charge in [-0.1, -0.05) is 0 Å². The first kappa shape index (κ1) is 18.5. The maximum Gasteiger partial charge on any atom is 0.335 e. The highest BCUT2D eigenvalue weighted by Crippen LogP contribution is 2.31. The van der Waals surface area contributed by atoms with Gasteiger partial charge in [-0.3, -0.25) is 4.72 Å². The van der Waals surface area contributed by atoms with Crippen LogP contribution < -0.4 is 14.2 Å². The average Bonchev–Trinajstić information content (AvgIpc) is 2.56. The van der Waals surface area contributed by atoms with Gasteiger partial charge in [0.05, 0.1) is 30.4 Å². The maximum atomic E-state index is 13.9. The third-order valence-electron chi connectivity index (χ3n) is 3.49. The second-order valence-corrected chi connectivity index (χ2v) is 6.71. The van der Waals surface area contributed by atoms with Gasteiger partial charge in [0.1, 0.15) is 17.3 Å². The summed E-state index contributed by atoms with van der Waals surface area (Å²) >= 11 is 0. The topological polar surface area (TPSA) is 102 Å². The Balaban J connectivity index is 2.52. The molecule has 0 amide bonds. The Morgan fingerprint density at radius 1 is 1.16 bits per heavy atom. The van der Waals surface area contributed by atoms with Gasteiger partial charge in [-0.2, -0.15) is 0 Å². The molecule has 2 N–H and O–H groups in total. The van der Waals surface area contributed by atoms with Gasteiger partial charge in [-0.05, 0) is 31.2 Å². The first-order valence-corrected chi connectivity index (χ1v) is 8.46. The number of hydrogen-bond donors (Lipinski definition) is 2. The molecular weight excluding hydrogens is 353 g/mol. The Bertz CT molecular complexity index is 926. The Hall–Kier alpha value is -2.81. The quantitative estimate of drug-likeness (QED) is 0.812. The number of hydrogen-bond acceptors (Lipinski definition) is 5. The molecule has 0 aliphatic carbocycles. The van der Waals surface area contributed by atoms with E-state index in [4.69, 9.17) is 14.6 Å². The molecule has 25 heavy (non-hydrogen) atoms. The highest BCUT2D eigenvalue weighted by atomic mass is 32.2. The van der Waals surface area contributed by atoms with E-state index in [0.717, 1.165) is 12.1 Å². The van der Waals surface area contributed by atoms with Crippen molar-refractivity contribution in [1.82, 2.24) is 0 Å². The number of carboxylic acids is 1. The van der Waals surface area contributed by atoms with Crippen LogP contribution in [0, 0.1) is 12.7 Å². The lowest BCUT2D eigenvalue weighted by Crippen LogP contribution is -2.16. The zero-order valence-electron chi connectivity index (χ0n) is 13.7. The van der Waals surface area contributed by atoms with Crippen molar-refractivity contribution >= 4 is 21.7 Å². The Morgan fingerprint density at radius 3 is 2.40 bits per heavy atom. The van der Waals surface area contributed by atoms with Crippen molar-refractivity contribution in [3.8, 4) is 11.5 Å². The molecule has 0 atom stereocenters. The third kappa shape index (κ3) is 3.82. The van der Waals surface area contributed by atoms with Gasteiger partial charge in [0, 0.05) is 11.6 Å². The predicted octanol–water partition coefficient (Wildman–Crippen LogP) is 2.65. The van der Waals surface area contributed by atoms with Crippen LogP contribution in [0.3, 0.4) is 0 Å². The lowest BCUT2D eigenvalue weighted by atomic mass is 10.1. The highest BCUT2D eigenvalue weighted by molar-refractivity contribution is 7.92. The number of carboxylic acid groups (broad SMARTS) is 1. The number of aromatic carboxylic acids is 1. The van der Waals surface area contributed by atoms with Gasteiger partial charge in [0.15, 0.2) is 0 Å². The number of rotatable bonds is 6. The van der Waals surface area contributed by atoms with E-state index in [1.165, 1.54) is 39.3 Å². The second-order valence-electron chi connectivity index (χ2n) is 5.06. The number of sulfonamides is 1. The largest absolute Gasteiger partial charge is 0.497 e. The van der Waals surface area contributed by atoms with Crippen LogP contribution in [0.1, 0.15) is 15.9 Å². The van der Waals surface area contributed by atoms with E-state index in [9.17, 15) is 17.6 Å². The molecule has 2 aromatic carbocycles. The molecule has 0 saturated heterocycles. The van der Waals surface area contributed by atoms with Gasteiger partial charge in [-0.15, -0.1) is 0 Å². The number of methoxy groups -OCH3 is 2. The minimum atomic E-state index is -4.25. The molecule has 2 aromatic rings. The fourth-order valence-corrected chi connectivity index (χ4v) is 3.49. The summed E-state index contributed by atoms with van der Waals surface area (Å²) < 4.78 is 51.6. The molecule has 0 fully saturated rings. The summed E-state index contributed by atoms with van der Waals surface area (Å²) in [6.45, 7) is 1.25. The molecule has 2 rings (SSSR count). The minimum Gasteiger partial charge on any atom is -0.497 e. The van der Waals surface area contributed by atoms with E-state index in [-0.39, 0.29) is 17.0 Å². The summed E-state index contributed by atoms with van der Waals surface area (Å²) in [5.74, 6) is -1.72. The van der Waals surface area contributed by atoms with Crippen molar-refractivity contribution < 1.29 is 32.2 Å². The molecule has 9 heteroatoms. The summed E-state index contributed by atoms with van der Waals surface area (Å²) in [4.78, 5) is 10.6. The van der Waals surface area contributed by atoms with Crippen LogP contribution in [0.5, 0.6) is 11.5 Å². The van der Waals surface area contributed by atoms with Crippen molar-refractivity contribution in [3.05, 3.63) is 47.3 Å². The smallest absolute Gasteiger partial charge is 0.335 e. The molecule has 0 unspecified atom stereocenters. The Labute approximate surface area is 144 Å². The third-order valence-corrected chi connectivity index (χ3v) is 4.98. The summed E-state index contributed by atoms with van der Waals surface area (Å²) in [5.41, 5.74) is -0.556. The van der Waals surface area contributed by atoms with Gasteiger partial charge in [0.25, 0.3) is 10.0 Å². The predicted molar refractivity (Wildman–Crippen MR) is 88.5 cm³/mol. The van der Waals surface area contributed by atoms with Crippen LogP contribution in [-0.2, 0) is 10.0 Å². The average molecular weight is 369 g/mol. The number of benzene rings is 2. The molecule has 0 aromatic heterocycles. The molecule has 0 aliphatic rings. The molecule has 0 saturated carbocycles. The summed E-state index contributed by atoms with van der Waals surface area (Å²) in [6.07, 6.45) is 0. The molecule has 134 valence electrons. The van der Waals surface area contributed by atoms with E-state index in [1.807, 2.05) is 0 Å². The van der Waals surface area contributed by atoms with E-state index in [1.54, 1.807) is 0 Å². The van der Waals surface area contributed by atoms with Crippen LogP contribution in [0.15, 0.2) is 35.2 Å². The summed E-state index contributed by atoms with van der Waals surface area (Å²) in [5, 5.41) is 9.00. The summed E-state index contributed by atoms with van der Waals surface area (Å²) in [6, 6.07) is 6.08. The Morgan fingerprint density at radius 2 is 1.84 bits per heavy atom. The first-order valence-electron chi connectivity index (χ1n) is 6.98. The van der Waals surface area contributed by atoms with Gasteiger partial charge in [-0.25, -0.2) is 17.6 Å². The summed E-state index contributed by atoms with van der Waals surface area (Å²) in [7, 11) is -1.45. The van der Waals surface area contributed by atoms with Gasteiger partial charge >= 0.3 is 5.97 Å². The molecule has 7 nitrogen and oxygen atoms in total. The first-order chi connectivity index (χ1) is 11.7. The van der Waals surface area contributed by atoms with E-state index >= 15 is 0 Å². The van der Waals surface area contributed by atoms with Crippen molar-refractivity contribution in [3.63, 3.8) is 0 Å². The van der Waals surface area contributed by atoms with Gasteiger partial charge < -0.3 is 14.6 Å². The maximum absolute atomic E-state index is 13.9. The van der Waals surface area contributed by atoms with Crippen LogP contribution in [-0.4, -0.2) is 33.7 Å². The number of carbonyl (C=O) groups is 1. The number of ether oxygens (including phenoxy) is 2. The molecule has 0 radical (unpaired) electrons. The van der Waals surface area contributed by atoms with Crippen LogP contribution in [0.2, 0.25) is 0 Å². The zero-order chi connectivity index (χ0) is 18.8. The molecule has 0 aliphatic heterocycles. The van der Waals surface area contributed by atoms with Gasteiger partial charge in [0.2, 0.25) is 0 Å². The van der Waals surface area contributed by atoms with Crippen molar-refractivity contribution in [2.45, 2.75) is 11.8 Å². The monoisotopic (exact) mass is 369 g/mol. The van der Waals surface area contributed by atoms with Crippen molar-refractivity contribution in [1.29, 1.82) is 0 Å². The lowest BCUT2D eigenvalue weighted by molar-refractivity contribution is 0.0696. The standard InChI is InChI=1S/C16H16FNO6S/c1-9-12(17)6-10(16(19)20)7-15(9)25(21,22)18-13-5-4-11(23-2)8-14(13)24-3/h4-8,18H,1-3H3,(H,19,20). The lowest BCUT2D eigenvalue weighted by Gasteiger charge is -2.15. The zero-order valence-corrected chi connectivity index (χ0v) is 14.5.